The lowest BCUT2D eigenvalue weighted by Gasteiger charge is -2.26. The summed E-state index contributed by atoms with van der Waals surface area (Å²) in [5.74, 6) is -0.508. The Morgan fingerprint density at radius 1 is 0.950 bits per heavy atom. The number of benzene rings is 3. The van der Waals surface area contributed by atoms with Gasteiger partial charge >= 0.3 is 0 Å². The van der Waals surface area contributed by atoms with Crippen molar-refractivity contribution in [1.82, 2.24) is 19.4 Å². The maximum atomic E-state index is 13.4. The normalized spacial score (nSPS) is 14.4. The van der Waals surface area contributed by atoms with Gasteiger partial charge in [-0.15, -0.1) is 0 Å². The molecule has 0 spiro atoms. The molecule has 0 atom stereocenters. The van der Waals surface area contributed by atoms with Crippen molar-refractivity contribution < 1.29 is 13.2 Å². The van der Waals surface area contributed by atoms with Gasteiger partial charge in [0.15, 0.2) is 0 Å². The monoisotopic (exact) mass is 551 g/mol. The van der Waals surface area contributed by atoms with Crippen molar-refractivity contribution in [2.45, 2.75) is 30.7 Å². The molecular weight excluding hydrogens is 522 g/mol. The summed E-state index contributed by atoms with van der Waals surface area (Å²) in [6, 6.07) is 27.6. The van der Waals surface area contributed by atoms with Crippen LogP contribution in [0.15, 0.2) is 102 Å². The minimum Gasteiger partial charge on any atom is -0.347 e. The van der Waals surface area contributed by atoms with Crippen LogP contribution in [0.5, 0.6) is 0 Å². The van der Waals surface area contributed by atoms with Crippen LogP contribution in [0, 0.1) is 11.3 Å². The highest BCUT2D eigenvalue weighted by molar-refractivity contribution is 7.89. The van der Waals surface area contributed by atoms with E-state index in [1.54, 1.807) is 35.1 Å². The van der Waals surface area contributed by atoms with Gasteiger partial charge in [0, 0.05) is 37.0 Å². The van der Waals surface area contributed by atoms with Gasteiger partial charge in [-0.05, 0) is 48.7 Å². The van der Waals surface area contributed by atoms with Gasteiger partial charge in [0.05, 0.1) is 10.6 Å². The topological polar surface area (TPSA) is 108 Å². The molecule has 5 rings (SSSR count). The predicted molar refractivity (Wildman–Crippen MR) is 153 cm³/mol. The maximum absolute atomic E-state index is 13.4. The zero-order chi connectivity index (χ0) is 28.0. The number of carbonyl (C=O) groups is 1. The molecule has 0 radical (unpaired) electrons. The molecule has 1 aliphatic rings. The number of nitrogens with one attached hydrogen (secondary N) is 1. The SMILES string of the molecule is N#CC(=Cc1cn(-c2ccccc2)nc1-c1cccc(S(=O)(=O)N2CCCCC2)c1)C(=O)NCc1ccccc1. The number of hydrogen-bond acceptors (Lipinski definition) is 5. The smallest absolute Gasteiger partial charge is 0.262 e. The van der Waals surface area contributed by atoms with E-state index in [1.165, 1.54) is 10.4 Å². The molecule has 202 valence electrons. The second kappa shape index (κ2) is 12.1. The lowest BCUT2D eigenvalue weighted by atomic mass is 10.1. The van der Waals surface area contributed by atoms with Gasteiger partial charge < -0.3 is 5.32 Å². The van der Waals surface area contributed by atoms with Gasteiger partial charge in [0.2, 0.25) is 10.0 Å². The van der Waals surface area contributed by atoms with Crippen molar-refractivity contribution in [2.24, 2.45) is 0 Å². The summed E-state index contributed by atoms with van der Waals surface area (Å²) in [5, 5.41) is 17.4. The maximum Gasteiger partial charge on any atom is 0.262 e. The molecule has 1 aromatic heterocycles. The Labute approximate surface area is 234 Å². The van der Waals surface area contributed by atoms with Crippen molar-refractivity contribution in [3.8, 4) is 23.0 Å². The molecular formula is C31H29N5O3S. The zero-order valence-electron chi connectivity index (χ0n) is 21.9. The molecule has 1 amide bonds. The van der Waals surface area contributed by atoms with Gasteiger partial charge in [-0.25, -0.2) is 13.1 Å². The Kier molecular flexibility index (Phi) is 8.20. The molecule has 1 fully saturated rings. The number of nitrogens with zero attached hydrogens (tertiary/aromatic N) is 4. The third kappa shape index (κ3) is 6.04. The van der Waals surface area contributed by atoms with Gasteiger partial charge in [-0.1, -0.05) is 67.1 Å². The second-order valence-corrected chi connectivity index (χ2v) is 11.5. The van der Waals surface area contributed by atoms with Crippen LogP contribution >= 0.6 is 0 Å². The minimum absolute atomic E-state index is 0.0816. The first-order valence-electron chi connectivity index (χ1n) is 13.2. The Bertz CT molecular complexity index is 1670. The van der Waals surface area contributed by atoms with Crippen molar-refractivity contribution in [1.29, 1.82) is 5.26 Å². The Balaban J connectivity index is 1.52. The Morgan fingerprint density at radius 3 is 2.35 bits per heavy atom. The van der Waals surface area contributed by atoms with E-state index in [-0.39, 0.29) is 17.0 Å². The molecule has 1 aliphatic heterocycles. The minimum atomic E-state index is -3.66. The molecule has 4 aromatic rings. The molecule has 2 heterocycles. The largest absolute Gasteiger partial charge is 0.347 e. The van der Waals surface area contributed by atoms with Crippen LogP contribution in [0.3, 0.4) is 0 Å². The first-order valence-corrected chi connectivity index (χ1v) is 14.6. The lowest BCUT2D eigenvalue weighted by Crippen LogP contribution is -2.35. The summed E-state index contributed by atoms with van der Waals surface area (Å²) in [4.78, 5) is 13.1. The number of amides is 1. The van der Waals surface area contributed by atoms with Crippen molar-refractivity contribution in [3.63, 3.8) is 0 Å². The third-order valence-electron chi connectivity index (χ3n) is 6.78. The third-order valence-corrected chi connectivity index (χ3v) is 8.68. The molecule has 40 heavy (non-hydrogen) atoms. The van der Waals surface area contributed by atoms with Gasteiger partial charge in [-0.2, -0.15) is 14.7 Å². The van der Waals surface area contributed by atoms with Crippen molar-refractivity contribution in [2.75, 3.05) is 13.1 Å². The van der Waals surface area contributed by atoms with E-state index in [1.807, 2.05) is 66.7 Å². The summed E-state index contributed by atoms with van der Waals surface area (Å²) in [7, 11) is -3.66. The first-order chi connectivity index (χ1) is 19.5. The van der Waals surface area contributed by atoms with E-state index in [2.05, 4.69) is 5.32 Å². The molecule has 3 aromatic carbocycles. The number of hydrogen-bond donors (Lipinski definition) is 1. The highest BCUT2D eigenvalue weighted by Crippen LogP contribution is 2.29. The average Bonchev–Trinajstić information content (AvgIpc) is 3.44. The number of rotatable bonds is 8. The number of sulfonamides is 1. The van der Waals surface area contributed by atoms with Crippen LogP contribution in [0.2, 0.25) is 0 Å². The fourth-order valence-corrected chi connectivity index (χ4v) is 6.23. The predicted octanol–water partition coefficient (Wildman–Crippen LogP) is 4.94. The summed E-state index contributed by atoms with van der Waals surface area (Å²) in [5.41, 5.74) is 3.17. The second-order valence-electron chi connectivity index (χ2n) is 9.54. The molecule has 9 heteroatoms. The highest BCUT2D eigenvalue weighted by Gasteiger charge is 2.26. The molecule has 0 unspecified atom stereocenters. The van der Waals surface area contributed by atoms with Crippen LogP contribution in [-0.4, -0.2) is 41.5 Å². The standard InChI is InChI=1S/C31H29N5O3S/c32-21-26(31(37)33-22-24-11-4-1-5-12-24)19-27-23-36(28-14-6-2-7-15-28)34-30(27)25-13-10-16-29(20-25)40(38,39)35-17-8-3-9-18-35/h1-2,4-7,10-16,19-20,23H,3,8-9,17-18,22H2,(H,33,37). The van der Waals surface area contributed by atoms with Crippen LogP contribution in [0.25, 0.3) is 23.0 Å². The van der Waals surface area contributed by atoms with E-state index in [0.717, 1.165) is 30.5 Å². The number of aromatic nitrogens is 2. The summed E-state index contributed by atoms with van der Waals surface area (Å²) in [6.45, 7) is 1.30. The highest BCUT2D eigenvalue weighted by atomic mass is 32.2. The van der Waals surface area contributed by atoms with Gasteiger partial charge in [0.1, 0.15) is 17.3 Å². The van der Waals surface area contributed by atoms with Crippen molar-refractivity contribution in [3.05, 3.63) is 108 Å². The summed E-state index contributed by atoms with van der Waals surface area (Å²) < 4.78 is 29.9. The van der Waals surface area contributed by atoms with Gasteiger partial charge in [-0.3, -0.25) is 4.79 Å². The van der Waals surface area contributed by atoms with Gasteiger partial charge in [0.25, 0.3) is 5.91 Å². The number of piperidine rings is 1. The van der Waals surface area contributed by atoms with Crippen LogP contribution in [0.1, 0.15) is 30.4 Å². The van der Waals surface area contributed by atoms with Crippen molar-refractivity contribution >= 4 is 22.0 Å². The zero-order valence-corrected chi connectivity index (χ0v) is 22.7. The number of carbonyl (C=O) groups excluding carboxylic acids is 1. The molecule has 0 aliphatic carbocycles. The van der Waals surface area contributed by atoms with E-state index in [0.29, 0.717) is 29.9 Å². The first kappa shape index (κ1) is 27.1. The fourth-order valence-electron chi connectivity index (χ4n) is 4.67. The van der Waals surface area contributed by atoms with E-state index in [9.17, 15) is 18.5 Å². The molecule has 0 saturated carbocycles. The van der Waals surface area contributed by atoms with E-state index in [4.69, 9.17) is 5.10 Å². The molecule has 8 nitrogen and oxygen atoms in total. The van der Waals surface area contributed by atoms with E-state index >= 15 is 0 Å². The summed E-state index contributed by atoms with van der Waals surface area (Å²) in [6.07, 6.45) is 5.95. The lowest BCUT2D eigenvalue weighted by molar-refractivity contribution is -0.117. The van der Waals surface area contributed by atoms with Crippen LogP contribution in [0.4, 0.5) is 0 Å². The molecule has 1 saturated heterocycles. The fraction of sp³-hybridized carbons (Fsp3) is 0.194. The summed E-state index contributed by atoms with van der Waals surface area (Å²) >= 11 is 0. The quantitative estimate of drug-likeness (QED) is 0.247. The molecule has 1 N–H and O–H groups in total. The Morgan fingerprint density at radius 2 is 1.65 bits per heavy atom. The van der Waals surface area contributed by atoms with Crippen LogP contribution < -0.4 is 5.32 Å². The van der Waals surface area contributed by atoms with E-state index < -0.39 is 15.9 Å². The average molecular weight is 552 g/mol. The molecule has 0 bridgehead atoms. The Hall–Kier alpha value is -4.52. The van der Waals surface area contributed by atoms with Crippen LogP contribution in [-0.2, 0) is 21.4 Å². The number of para-hydroxylation sites is 1. The number of nitriles is 1.